The SMILES string of the molecule is O=C1C[C@H]([NH+]2CC[NH+](C(c3ccccc3)c3ccccc3)CC2)C(=O)N1CCc1ccccc1. The summed E-state index contributed by atoms with van der Waals surface area (Å²) in [6.45, 7) is 4.24. The molecule has 2 saturated heterocycles. The van der Waals surface area contributed by atoms with Gasteiger partial charge in [0.25, 0.3) is 5.91 Å². The number of amides is 2. The van der Waals surface area contributed by atoms with Crippen LogP contribution < -0.4 is 9.80 Å². The van der Waals surface area contributed by atoms with Crippen LogP contribution in [0.3, 0.4) is 0 Å². The van der Waals surface area contributed by atoms with Gasteiger partial charge in [0.2, 0.25) is 5.91 Å². The molecule has 0 spiro atoms. The molecule has 5 nitrogen and oxygen atoms in total. The van der Waals surface area contributed by atoms with Crippen molar-refractivity contribution in [2.24, 2.45) is 0 Å². The zero-order chi connectivity index (χ0) is 23.3. The van der Waals surface area contributed by atoms with Gasteiger partial charge in [-0.05, 0) is 12.0 Å². The molecule has 0 aromatic heterocycles. The molecule has 3 aromatic rings. The molecule has 5 rings (SSSR count). The van der Waals surface area contributed by atoms with E-state index >= 15 is 0 Å². The molecule has 5 heteroatoms. The summed E-state index contributed by atoms with van der Waals surface area (Å²) in [5, 5.41) is 0. The number of likely N-dealkylation sites (tertiary alicyclic amines) is 1. The zero-order valence-corrected chi connectivity index (χ0v) is 19.5. The van der Waals surface area contributed by atoms with Crippen LogP contribution >= 0.6 is 0 Å². The number of nitrogens with one attached hydrogen (secondary N) is 2. The van der Waals surface area contributed by atoms with Crippen LogP contribution in [0.25, 0.3) is 0 Å². The number of piperazine rings is 1. The maximum atomic E-state index is 13.2. The van der Waals surface area contributed by atoms with Crippen LogP contribution in [-0.4, -0.2) is 55.5 Å². The van der Waals surface area contributed by atoms with Gasteiger partial charge in [-0.1, -0.05) is 91.0 Å². The van der Waals surface area contributed by atoms with Crippen molar-refractivity contribution in [3.63, 3.8) is 0 Å². The molecule has 34 heavy (non-hydrogen) atoms. The van der Waals surface area contributed by atoms with Gasteiger partial charge in [0.15, 0.2) is 6.04 Å². The second-order valence-corrected chi connectivity index (χ2v) is 9.45. The average molecular weight is 456 g/mol. The molecule has 3 aromatic carbocycles. The van der Waals surface area contributed by atoms with Crippen molar-refractivity contribution in [1.82, 2.24) is 4.90 Å². The summed E-state index contributed by atoms with van der Waals surface area (Å²) < 4.78 is 0. The van der Waals surface area contributed by atoms with Crippen molar-refractivity contribution in [1.29, 1.82) is 0 Å². The van der Waals surface area contributed by atoms with E-state index in [2.05, 4.69) is 60.7 Å². The lowest BCUT2D eigenvalue weighted by Gasteiger charge is -2.36. The number of imide groups is 1. The predicted octanol–water partition coefficient (Wildman–Crippen LogP) is 0.930. The summed E-state index contributed by atoms with van der Waals surface area (Å²) in [6.07, 6.45) is 1.06. The molecule has 0 unspecified atom stereocenters. The number of benzene rings is 3. The van der Waals surface area contributed by atoms with Crippen LogP contribution in [0.2, 0.25) is 0 Å². The fourth-order valence-corrected chi connectivity index (χ4v) is 5.61. The summed E-state index contributed by atoms with van der Waals surface area (Å²) in [7, 11) is 0. The highest BCUT2D eigenvalue weighted by Crippen LogP contribution is 2.19. The maximum absolute atomic E-state index is 13.2. The van der Waals surface area contributed by atoms with Gasteiger partial charge in [0.05, 0.1) is 6.42 Å². The van der Waals surface area contributed by atoms with Gasteiger partial charge in [-0.2, -0.15) is 0 Å². The van der Waals surface area contributed by atoms with Gasteiger partial charge < -0.3 is 9.80 Å². The van der Waals surface area contributed by atoms with Crippen LogP contribution in [0.5, 0.6) is 0 Å². The van der Waals surface area contributed by atoms with Crippen molar-refractivity contribution < 1.29 is 19.4 Å². The third-order valence-electron chi connectivity index (χ3n) is 7.41. The van der Waals surface area contributed by atoms with E-state index in [0.717, 1.165) is 31.7 Å². The van der Waals surface area contributed by atoms with E-state index < -0.39 is 0 Å². The van der Waals surface area contributed by atoms with Crippen LogP contribution in [0, 0.1) is 0 Å². The van der Waals surface area contributed by atoms with Gasteiger partial charge in [-0.15, -0.1) is 0 Å². The molecule has 2 fully saturated rings. The average Bonchev–Trinajstić information content (AvgIpc) is 3.18. The van der Waals surface area contributed by atoms with Gasteiger partial charge in [-0.3, -0.25) is 14.5 Å². The Balaban J connectivity index is 1.24. The first-order valence-corrected chi connectivity index (χ1v) is 12.4. The van der Waals surface area contributed by atoms with Gasteiger partial charge in [-0.25, -0.2) is 0 Å². The number of rotatable bonds is 7. The number of carbonyl (C=O) groups is 2. The minimum atomic E-state index is -0.225. The monoisotopic (exact) mass is 455 g/mol. The zero-order valence-electron chi connectivity index (χ0n) is 19.5. The first kappa shape index (κ1) is 22.5. The Kier molecular flexibility index (Phi) is 6.84. The van der Waals surface area contributed by atoms with Crippen LogP contribution in [0.1, 0.15) is 29.2 Å². The molecule has 0 aliphatic carbocycles. The van der Waals surface area contributed by atoms with Gasteiger partial charge in [0.1, 0.15) is 32.2 Å². The number of hydrogen-bond donors (Lipinski definition) is 2. The molecular weight excluding hydrogens is 422 g/mol. The van der Waals surface area contributed by atoms with E-state index in [1.165, 1.54) is 25.8 Å². The third kappa shape index (κ3) is 4.81. The highest BCUT2D eigenvalue weighted by atomic mass is 16.2. The number of quaternary nitrogens is 2. The molecule has 2 aliphatic heterocycles. The highest BCUT2D eigenvalue weighted by molar-refractivity contribution is 6.04. The van der Waals surface area contributed by atoms with Crippen molar-refractivity contribution in [2.45, 2.75) is 24.9 Å². The van der Waals surface area contributed by atoms with E-state index in [9.17, 15) is 9.59 Å². The molecule has 0 bridgehead atoms. The van der Waals surface area contributed by atoms with Crippen LogP contribution in [-0.2, 0) is 16.0 Å². The van der Waals surface area contributed by atoms with Crippen LogP contribution in [0.4, 0.5) is 0 Å². The summed E-state index contributed by atoms with van der Waals surface area (Å²) in [6, 6.07) is 31.6. The van der Waals surface area contributed by atoms with E-state index in [4.69, 9.17) is 0 Å². The van der Waals surface area contributed by atoms with Crippen LogP contribution in [0.15, 0.2) is 91.0 Å². The molecule has 174 valence electrons. The van der Waals surface area contributed by atoms with Crippen molar-refractivity contribution in [3.8, 4) is 0 Å². The third-order valence-corrected chi connectivity index (χ3v) is 7.41. The van der Waals surface area contributed by atoms with Gasteiger partial charge >= 0.3 is 0 Å². The van der Waals surface area contributed by atoms with Gasteiger partial charge in [0, 0.05) is 17.7 Å². The maximum Gasteiger partial charge on any atom is 0.288 e. The summed E-state index contributed by atoms with van der Waals surface area (Å²) in [5.41, 5.74) is 3.81. The highest BCUT2D eigenvalue weighted by Gasteiger charge is 2.46. The topological polar surface area (TPSA) is 46.3 Å². The van der Waals surface area contributed by atoms with E-state index in [0.29, 0.717) is 19.4 Å². The Morgan fingerprint density at radius 3 is 1.82 bits per heavy atom. The summed E-state index contributed by atoms with van der Waals surface area (Å²) >= 11 is 0. The summed E-state index contributed by atoms with van der Waals surface area (Å²) in [4.78, 5) is 30.2. The Hall–Kier alpha value is -3.28. The predicted molar refractivity (Wildman–Crippen MR) is 131 cm³/mol. The number of carbonyl (C=O) groups excluding carboxylic acids is 2. The smallest absolute Gasteiger partial charge is 0.288 e. The number of hydrogen-bond acceptors (Lipinski definition) is 2. The fourth-order valence-electron chi connectivity index (χ4n) is 5.61. The molecular formula is C29H33N3O2+2. The first-order chi connectivity index (χ1) is 16.7. The fraction of sp³-hybridized carbons (Fsp3) is 0.310. The number of nitrogens with zero attached hydrogens (tertiary/aromatic N) is 1. The minimum Gasteiger partial charge on any atom is -0.316 e. The molecule has 2 N–H and O–H groups in total. The second-order valence-electron chi connectivity index (χ2n) is 9.45. The summed E-state index contributed by atoms with van der Waals surface area (Å²) in [5.74, 6) is 0.00158. The normalized spacial score (nSPS) is 23.0. The molecule has 1 atom stereocenters. The molecule has 2 heterocycles. The minimum absolute atomic E-state index is 0.0142. The Bertz CT molecular complexity index is 1060. The molecule has 2 amide bonds. The standard InChI is InChI=1S/C29H31N3O2/c33-27-22-26(29(34)32(27)17-16-23-10-4-1-5-11-23)30-18-20-31(21-19-30)28(24-12-6-2-7-13-24)25-14-8-3-9-15-25/h1-15,26,28H,16-22H2/p+2/t26-/m0/s1. The lowest BCUT2D eigenvalue weighted by Crippen LogP contribution is -3.30. The van der Waals surface area contributed by atoms with E-state index in [1.807, 2.05) is 30.3 Å². The molecule has 0 saturated carbocycles. The quantitative estimate of drug-likeness (QED) is 0.521. The second kappa shape index (κ2) is 10.3. The van der Waals surface area contributed by atoms with E-state index in [1.54, 1.807) is 0 Å². The lowest BCUT2D eigenvalue weighted by atomic mass is 9.96. The van der Waals surface area contributed by atoms with Crippen molar-refractivity contribution >= 4 is 11.8 Å². The first-order valence-electron chi connectivity index (χ1n) is 12.4. The Morgan fingerprint density at radius 2 is 1.26 bits per heavy atom. The molecule has 2 aliphatic rings. The van der Waals surface area contributed by atoms with Crippen molar-refractivity contribution in [3.05, 3.63) is 108 Å². The molecule has 0 radical (unpaired) electrons. The lowest BCUT2D eigenvalue weighted by molar-refractivity contribution is -1.03. The Labute approximate surface area is 201 Å². The Morgan fingerprint density at radius 1 is 0.735 bits per heavy atom. The largest absolute Gasteiger partial charge is 0.316 e. The van der Waals surface area contributed by atoms with E-state index in [-0.39, 0.29) is 23.9 Å². The van der Waals surface area contributed by atoms with Crippen molar-refractivity contribution in [2.75, 3.05) is 32.7 Å².